The quantitative estimate of drug-likeness (QED) is 0.514. The van der Waals surface area contributed by atoms with Crippen molar-refractivity contribution in [1.82, 2.24) is 15.8 Å². The molecule has 2 saturated heterocycles. The highest BCUT2D eigenvalue weighted by Crippen LogP contribution is 2.39. The van der Waals surface area contributed by atoms with E-state index in [0.29, 0.717) is 30.1 Å². The van der Waals surface area contributed by atoms with E-state index in [1.165, 1.54) is 11.3 Å². The van der Waals surface area contributed by atoms with Crippen molar-refractivity contribution in [3.8, 4) is 11.1 Å². The number of carbonyl (C=O) groups is 3. The summed E-state index contributed by atoms with van der Waals surface area (Å²) in [5, 5.41) is 4.56. The first-order valence-corrected chi connectivity index (χ1v) is 12.4. The standard InChI is InChI=1S/C26H26N4O4S/c1-2-26(19-11-7-4-8-12-19)24(32)30(25(33)27-26)28-22(31)21-17-20(18-9-5-3-6-10-18)23(35-21)29-13-15-34-16-14-29/h3-12,17H,2,13-16H2,1H3,(H,27,33)(H,28,31)/t26-/m1/s1. The van der Waals surface area contributed by atoms with E-state index in [-0.39, 0.29) is 0 Å². The third-order valence-electron chi connectivity index (χ3n) is 6.42. The third kappa shape index (κ3) is 4.17. The minimum absolute atomic E-state index is 0.353. The van der Waals surface area contributed by atoms with Crippen LogP contribution in [0.5, 0.6) is 0 Å². The summed E-state index contributed by atoms with van der Waals surface area (Å²) >= 11 is 1.35. The van der Waals surface area contributed by atoms with Crippen molar-refractivity contribution in [2.75, 3.05) is 31.2 Å². The molecule has 0 spiro atoms. The molecule has 35 heavy (non-hydrogen) atoms. The first-order chi connectivity index (χ1) is 17.0. The van der Waals surface area contributed by atoms with Crippen LogP contribution >= 0.6 is 11.3 Å². The Morgan fingerprint density at radius 2 is 1.71 bits per heavy atom. The Kier molecular flexibility index (Phi) is 6.27. The molecule has 180 valence electrons. The van der Waals surface area contributed by atoms with E-state index in [4.69, 9.17) is 4.74 Å². The molecule has 2 aromatic carbocycles. The van der Waals surface area contributed by atoms with Gasteiger partial charge >= 0.3 is 6.03 Å². The predicted molar refractivity (Wildman–Crippen MR) is 134 cm³/mol. The third-order valence-corrected chi connectivity index (χ3v) is 7.62. The number of hydrazine groups is 1. The molecule has 4 amide bonds. The van der Waals surface area contributed by atoms with Gasteiger partial charge in [0.05, 0.1) is 23.1 Å². The van der Waals surface area contributed by atoms with Crippen LogP contribution in [-0.4, -0.2) is 49.2 Å². The molecule has 3 heterocycles. The second-order valence-electron chi connectivity index (χ2n) is 8.43. The van der Waals surface area contributed by atoms with Crippen LogP contribution in [0.3, 0.4) is 0 Å². The fourth-order valence-electron chi connectivity index (χ4n) is 4.51. The Bertz CT molecular complexity index is 1240. The number of nitrogens with one attached hydrogen (secondary N) is 2. The number of hydrogen-bond donors (Lipinski definition) is 2. The number of nitrogens with zero attached hydrogens (tertiary/aromatic N) is 2. The van der Waals surface area contributed by atoms with E-state index >= 15 is 0 Å². The maximum atomic E-state index is 13.4. The Morgan fingerprint density at radius 1 is 1.06 bits per heavy atom. The number of rotatable bonds is 6. The van der Waals surface area contributed by atoms with Gasteiger partial charge < -0.3 is 15.0 Å². The van der Waals surface area contributed by atoms with Crippen LogP contribution in [0.4, 0.5) is 9.80 Å². The lowest BCUT2D eigenvalue weighted by molar-refractivity contribution is -0.133. The van der Waals surface area contributed by atoms with Gasteiger partial charge in [0.1, 0.15) is 5.54 Å². The number of benzene rings is 2. The van der Waals surface area contributed by atoms with Gasteiger partial charge in [-0.2, -0.15) is 5.01 Å². The minimum atomic E-state index is -1.21. The largest absolute Gasteiger partial charge is 0.378 e. The van der Waals surface area contributed by atoms with Gasteiger partial charge in [0.15, 0.2) is 0 Å². The van der Waals surface area contributed by atoms with Gasteiger partial charge in [-0.25, -0.2) is 4.79 Å². The van der Waals surface area contributed by atoms with Gasteiger partial charge in [0.25, 0.3) is 11.8 Å². The van der Waals surface area contributed by atoms with Crippen LogP contribution in [-0.2, 0) is 15.1 Å². The lowest BCUT2D eigenvalue weighted by Gasteiger charge is -2.28. The Labute approximate surface area is 207 Å². The molecule has 2 aliphatic heterocycles. The zero-order chi connectivity index (χ0) is 24.4. The highest BCUT2D eigenvalue weighted by atomic mass is 32.1. The zero-order valence-corrected chi connectivity index (χ0v) is 20.1. The smallest absolute Gasteiger partial charge is 0.344 e. The first kappa shape index (κ1) is 23.1. The number of amides is 4. The fourth-order valence-corrected chi connectivity index (χ4v) is 5.64. The Balaban J connectivity index is 1.43. The van der Waals surface area contributed by atoms with Gasteiger partial charge in [-0.1, -0.05) is 67.6 Å². The van der Waals surface area contributed by atoms with Gasteiger partial charge in [-0.05, 0) is 23.6 Å². The molecule has 3 aromatic rings. The summed E-state index contributed by atoms with van der Waals surface area (Å²) in [6.45, 7) is 4.52. The number of ether oxygens (including phenoxy) is 1. The maximum absolute atomic E-state index is 13.4. The summed E-state index contributed by atoms with van der Waals surface area (Å²) in [7, 11) is 0. The molecule has 1 aromatic heterocycles. The molecule has 0 saturated carbocycles. The average molecular weight is 491 g/mol. The molecule has 1 atom stereocenters. The van der Waals surface area contributed by atoms with Gasteiger partial charge in [0.2, 0.25) is 0 Å². The van der Waals surface area contributed by atoms with E-state index in [9.17, 15) is 14.4 Å². The van der Waals surface area contributed by atoms with Crippen LogP contribution in [0, 0.1) is 0 Å². The number of morpholine rings is 1. The molecule has 0 bridgehead atoms. The zero-order valence-electron chi connectivity index (χ0n) is 19.3. The first-order valence-electron chi connectivity index (χ1n) is 11.6. The molecule has 2 fully saturated rings. The van der Waals surface area contributed by atoms with Crippen molar-refractivity contribution < 1.29 is 19.1 Å². The topological polar surface area (TPSA) is 91.0 Å². The lowest BCUT2D eigenvalue weighted by Crippen LogP contribution is -2.48. The number of urea groups is 1. The highest BCUT2D eigenvalue weighted by Gasteiger charge is 2.52. The Hall–Kier alpha value is -3.69. The Morgan fingerprint density at radius 3 is 2.37 bits per heavy atom. The molecule has 8 nitrogen and oxygen atoms in total. The average Bonchev–Trinajstić information content (AvgIpc) is 3.46. The monoisotopic (exact) mass is 490 g/mol. The fraction of sp³-hybridized carbons (Fsp3) is 0.269. The number of hydrogen-bond acceptors (Lipinski definition) is 6. The van der Waals surface area contributed by atoms with E-state index < -0.39 is 23.4 Å². The van der Waals surface area contributed by atoms with Gasteiger partial charge in [0, 0.05) is 18.7 Å². The van der Waals surface area contributed by atoms with Crippen molar-refractivity contribution in [3.05, 3.63) is 77.2 Å². The maximum Gasteiger partial charge on any atom is 0.344 e. The number of thiophene rings is 1. The van der Waals surface area contributed by atoms with E-state index in [2.05, 4.69) is 15.6 Å². The van der Waals surface area contributed by atoms with Gasteiger partial charge in [-0.3, -0.25) is 15.0 Å². The number of carbonyl (C=O) groups excluding carboxylic acids is 3. The van der Waals surface area contributed by atoms with Crippen molar-refractivity contribution in [2.24, 2.45) is 0 Å². The summed E-state index contributed by atoms with van der Waals surface area (Å²) < 4.78 is 5.49. The van der Waals surface area contributed by atoms with E-state index in [1.54, 1.807) is 12.1 Å². The SMILES string of the molecule is CC[C@]1(c2ccccc2)NC(=O)N(NC(=O)c2cc(-c3ccccc3)c(N3CCOCC3)s2)C1=O. The molecule has 2 N–H and O–H groups in total. The summed E-state index contributed by atoms with van der Waals surface area (Å²) in [6, 6.07) is 20.1. The second kappa shape index (κ2) is 9.52. The number of imide groups is 1. The summed E-state index contributed by atoms with van der Waals surface area (Å²) in [5.74, 6) is -1.01. The number of anilines is 1. The second-order valence-corrected chi connectivity index (χ2v) is 9.46. The molecule has 5 rings (SSSR count). The van der Waals surface area contributed by atoms with Crippen LogP contribution in [0.2, 0.25) is 0 Å². The molecule has 0 radical (unpaired) electrons. The summed E-state index contributed by atoms with van der Waals surface area (Å²) in [5.41, 5.74) is 3.94. The molecule has 9 heteroatoms. The molecule has 0 unspecified atom stereocenters. The highest BCUT2D eigenvalue weighted by molar-refractivity contribution is 7.18. The predicted octanol–water partition coefficient (Wildman–Crippen LogP) is 3.75. The van der Waals surface area contributed by atoms with Crippen molar-refractivity contribution in [1.29, 1.82) is 0 Å². The molecular formula is C26H26N4O4S. The van der Waals surface area contributed by atoms with Crippen molar-refractivity contribution in [3.63, 3.8) is 0 Å². The van der Waals surface area contributed by atoms with Crippen molar-refractivity contribution in [2.45, 2.75) is 18.9 Å². The van der Waals surface area contributed by atoms with E-state index in [0.717, 1.165) is 34.2 Å². The van der Waals surface area contributed by atoms with Crippen LogP contribution in [0.25, 0.3) is 11.1 Å². The molecule has 0 aliphatic carbocycles. The normalized spacial score (nSPS) is 20.1. The van der Waals surface area contributed by atoms with E-state index in [1.807, 2.05) is 61.5 Å². The van der Waals surface area contributed by atoms with Crippen LogP contribution < -0.4 is 15.6 Å². The van der Waals surface area contributed by atoms with Crippen LogP contribution in [0.15, 0.2) is 66.7 Å². The van der Waals surface area contributed by atoms with Crippen molar-refractivity contribution >= 4 is 34.2 Å². The summed E-state index contributed by atoms with van der Waals surface area (Å²) in [4.78, 5) is 42.1. The summed E-state index contributed by atoms with van der Waals surface area (Å²) in [6.07, 6.45) is 0.353. The lowest BCUT2D eigenvalue weighted by atomic mass is 9.87. The molecule has 2 aliphatic rings. The van der Waals surface area contributed by atoms with Crippen LogP contribution in [0.1, 0.15) is 28.6 Å². The molecular weight excluding hydrogens is 464 g/mol. The van der Waals surface area contributed by atoms with Gasteiger partial charge in [-0.15, -0.1) is 11.3 Å². The minimum Gasteiger partial charge on any atom is -0.378 e.